The molecular weight excluding hydrogens is 340 g/mol. The second-order valence-corrected chi connectivity index (χ2v) is 7.98. The number of aliphatic hydroxyl groups excluding tert-OH is 1. The van der Waals surface area contributed by atoms with Gasteiger partial charge in [0.25, 0.3) is 0 Å². The highest BCUT2D eigenvalue weighted by atomic mass is 16.6. The molecule has 0 aliphatic carbocycles. The number of carbonyl (C=O) groups excluding carboxylic acids is 1. The van der Waals surface area contributed by atoms with E-state index in [4.69, 9.17) is 9.84 Å². The van der Waals surface area contributed by atoms with Crippen LogP contribution in [0.2, 0.25) is 0 Å². The van der Waals surface area contributed by atoms with Crippen molar-refractivity contribution in [1.82, 2.24) is 10.2 Å². The SMILES string of the molecule is CC(C)(C)OC(=O)N(CCCCNCCCCCCO)Cc1ccccc1. The van der Waals surface area contributed by atoms with Crippen LogP contribution in [0.4, 0.5) is 4.79 Å². The van der Waals surface area contributed by atoms with E-state index in [9.17, 15) is 4.79 Å². The predicted molar refractivity (Wildman–Crippen MR) is 111 cm³/mol. The standard InChI is InChI=1S/C22H38N2O3/c1-22(2,3)27-21(26)24(19-20-13-7-6-8-14-20)17-11-10-16-23-15-9-4-5-12-18-25/h6-8,13-14,23,25H,4-5,9-12,15-19H2,1-3H3. The molecule has 0 atom stereocenters. The second-order valence-electron chi connectivity index (χ2n) is 7.98. The van der Waals surface area contributed by atoms with E-state index in [-0.39, 0.29) is 6.09 Å². The van der Waals surface area contributed by atoms with E-state index in [1.807, 2.05) is 51.1 Å². The van der Waals surface area contributed by atoms with Gasteiger partial charge in [-0.05, 0) is 65.1 Å². The molecule has 154 valence electrons. The summed E-state index contributed by atoms with van der Waals surface area (Å²) in [5, 5.41) is 12.2. The molecule has 0 aromatic heterocycles. The molecule has 0 radical (unpaired) electrons. The van der Waals surface area contributed by atoms with Crippen molar-refractivity contribution in [3.8, 4) is 0 Å². The van der Waals surface area contributed by atoms with E-state index in [0.717, 1.165) is 57.2 Å². The minimum absolute atomic E-state index is 0.247. The Morgan fingerprint density at radius 2 is 1.63 bits per heavy atom. The lowest BCUT2D eigenvalue weighted by atomic mass is 10.2. The van der Waals surface area contributed by atoms with Crippen LogP contribution in [0, 0.1) is 0 Å². The van der Waals surface area contributed by atoms with Crippen LogP contribution in [-0.4, -0.2) is 47.9 Å². The normalized spacial score (nSPS) is 11.4. The van der Waals surface area contributed by atoms with E-state index >= 15 is 0 Å². The Kier molecular flexibility index (Phi) is 11.8. The fourth-order valence-electron chi connectivity index (χ4n) is 2.76. The van der Waals surface area contributed by atoms with E-state index < -0.39 is 5.60 Å². The number of hydrogen-bond donors (Lipinski definition) is 2. The Labute approximate surface area is 165 Å². The summed E-state index contributed by atoms with van der Waals surface area (Å²) in [5.74, 6) is 0. The van der Waals surface area contributed by atoms with E-state index in [0.29, 0.717) is 19.7 Å². The first-order valence-electron chi connectivity index (χ1n) is 10.3. The number of unbranched alkanes of at least 4 members (excludes halogenated alkanes) is 4. The van der Waals surface area contributed by atoms with Gasteiger partial charge >= 0.3 is 6.09 Å². The van der Waals surface area contributed by atoms with Gasteiger partial charge in [0.2, 0.25) is 0 Å². The van der Waals surface area contributed by atoms with E-state index in [1.165, 1.54) is 0 Å². The summed E-state index contributed by atoms with van der Waals surface area (Å²) in [4.78, 5) is 14.3. The zero-order valence-electron chi connectivity index (χ0n) is 17.4. The number of hydrogen-bond acceptors (Lipinski definition) is 4. The van der Waals surface area contributed by atoms with Gasteiger partial charge in [0.1, 0.15) is 5.60 Å². The van der Waals surface area contributed by atoms with E-state index in [1.54, 1.807) is 4.90 Å². The molecule has 0 saturated heterocycles. The van der Waals surface area contributed by atoms with Crippen LogP contribution in [-0.2, 0) is 11.3 Å². The molecule has 0 spiro atoms. The van der Waals surface area contributed by atoms with Crippen LogP contribution < -0.4 is 5.32 Å². The largest absolute Gasteiger partial charge is 0.444 e. The molecule has 2 N–H and O–H groups in total. The Morgan fingerprint density at radius 1 is 1.00 bits per heavy atom. The Hall–Kier alpha value is -1.59. The van der Waals surface area contributed by atoms with Crippen LogP contribution >= 0.6 is 0 Å². The number of rotatable bonds is 13. The molecule has 0 fully saturated rings. The summed E-state index contributed by atoms with van der Waals surface area (Å²) in [6.07, 6.45) is 6.05. The van der Waals surface area contributed by atoms with Gasteiger partial charge in [0.15, 0.2) is 0 Å². The average Bonchev–Trinajstić information content (AvgIpc) is 2.61. The van der Waals surface area contributed by atoms with Gasteiger partial charge in [-0.2, -0.15) is 0 Å². The second kappa shape index (κ2) is 13.6. The molecule has 1 aromatic carbocycles. The van der Waals surface area contributed by atoms with Crippen LogP contribution in [0.1, 0.15) is 64.9 Å². The van der Waals surface area contributed by atoms with Gasteiger partial charge in [0.05, 0.1) is 0 Å². The number of nitrogens with zero attached hydrogens (tertiary/aromatic N) is 1. The highest BCUT2D eigenvalue weighted by Crippen LogP contribution is 2.13. The molecule has 0 unspecified atom stereocenters. The lowest BCUT2D eigenvalue weighted by molar-refractivity contribution is 0.0230. The zero-order valence-corrected chi connectivity index (χ0v) is 17.4. The third kappa shape index (κ3) is 12.4. The fraction of sp³-hybridized carbons (Fsp3) is 0.682. The number of nitrogens with one attached hydrogen (secondary N) is 1. The number of amides is 1. The highest BCUT2D eigenvalue weighted by Gasteiger charge is 2.21. The summed E-state index contributed by atoms with van der Waals surface area (Å²) in [6, 6.07) is 10.0. The molecule has 0 aliphatic rings. The maximum absolute atomic E-state index is 12.5. The number of ether oxygens (including phenoxy) is 1. The number of aliphatic hydroxyl groups is 1. The third-order valence-corrected chi connectivity index (χ3v) is 4.16. The molecule has 0 aliphatic heterocycles. The molecule has 5 heteroatoms. The van der Waals surface area contributed by atoms with Crippen LogP contribution in [0.3, 0.4) is 0 Å². The van der Waals surface area contributed by atoms with Gasteiger partial charge in [-0.1, -0.05) is 43.2 Å². The smallest absolute Gasteiger partial charge is 0.410 e. The molecule has 1 aromatic rings. The topological polar surface area (TPSA) is 61.8 Å². The number of carbonyl (C=O) groups is 1. The minimum atomic E-state index is -0.483. The fourth-order valence-corrected chi connectivity index (χ4v) is 2.76. The predicted octanol–water partition coefficient (Wildman–Crippen LogP) is 4.35. The number of benzene rings is 1. The van der Waals surface area contributed by atoms with Crippen molar-refractivity contribution in [3.05, 3.63) is 35.9 Å². The molecule has 5 nitrogen and oxygen atoms in total. The molecular formula is C22H38N2O3. The Bertz CT molecular complexity index is 500. The molecule has 0 heterocycles. The summed E-state index contributed by atoms with van der Waals surface area (Å²) in [5.41, 5.74) is 0.633. The molecule has 27 heavy (non-hydrogen) atoms. The molecule has 0 bridgehead atoms. The lowest BCUT2D eigenvalue weighted by Crippen LogP contribution is -2.37. The van der Waals surface area contributed by atoms with Crippen molar-refractivity contribution in [2.24, 2.45) is 0 Å². The van der Waals surface area contributed by atoms with E-state index in [2.05, 4.69) is 5.32 Å². The lowest BCUT2D eigenvalue weighted by Gasteiger charge is -2.27. The summed E-state index contributed by atoms with van der Waals surface area (Å²) < 4.78 is 5.57. The summed E-state index contributed by atoms with van der Waals surface area (Å²) in [7, 11) is 0. The van der Waals surface area contributed by atoms with Gasteiger partial charge in [0, 0.05) is 19.7 Å². The van der Waals surface area contributed by atoms with Crippen molar-refractivity contribution in [2.75, 3.05) is 26.2 Å². The first kappa shape index (κ1) is 23.4. The summed E-state index contributed by atoms with van der Waals surface area (Å²) >= 11 is 0. The van der Waals surface area contributed by atoms with Crippen molar-refractivity contribution in [2.45, 2.75) is 71.4 Å². The van der Waals surface area contributed by atoms with Crippen LogP contribution in [0.25, 0.3) is 0 Å². The van der Waals surface area contributed by atoms with Crippen molar-refractivity contribution in [1.29, 1.82) is 0 Å². The third-order valence-electron chi connectivity index (χ3n) is 4.16. The van der Waals surface area contributed by atoms with Crippen molar-refractivity contribution < 1.29 is 14.6 Å². The average molecular weight is 379 g/mol. The van der Waals surface area contributed by atoms with Crippen molar-refractivity contribution >= 4 is 6.09 Å². The van der Waals surface area contributed by atoms with Gasteiger partial charge in [-0.3, -0.25) is 0 Å². The monoisotopic (exact) mass is 378 g/mol. The maximum atomic E-state index is 12.5. The summed E-state index contributed by atoms with van der Waals surface area (Å²) in [6.45, 7) is 9.25. The Morgan fingerprint density at radius 3 is 2.26 bits per heavy atom. The quantitative estimate of drug-likeness (QED) is 0.501. The Balaban J connectivity index is 2.31. The first-order chi connectivity index (χ1) is 12.9. The molecule has 1 rings (SSSR count). The minimum Gasteiger partial charge on any atom is -0.444 e. The van der Waals surface area contributed by atoms with Crippen molar-refractivity contribution in [3.63, 3.8) is 0 Å². The molecule has 1 amide bonds. The van der Waals surface area contributed by atoms with Crippen LogP contribution in [0.5, 0.6) is 0 Å². The van der Waals surface area contributed by atoms with Gasteiger partial charge in [-0.25, -0.2) is 4.79 Å². The first-order valence-corrected chi connectivity index (χ1v) is 10.3. The molecule has 0 saturated carbocycles. The van der Waals surface area contributed by atoms with Crippen LogP contribution in [0.15, 0.2) is 30.3 Å². The zero-order chi connectivity index (χ0) is 20.0. The maximum Gasteiger partial charge on any atom is 0.410 e. The highest BCUT2D eigenvalue weighted by molar-refractivity contribution is 5.68. The van der Waals surface area contributed by atoms with Gasteiger partial charge < -0.3 is 20.1 Å². The van der Waals surface area contributed by atoms with Gasteiger partial charge in [-0.15, -0.1) is 0 Å².